The van der Waals surface area contributed by atoms with Crippen LogP contribution in [0.4, 0.5) is 0 Å². The number of H-pyrrole nitrogens is 1. The lowest BCUT2D eigenvalue weighted by Gasteiger charge is -2.34. The quantitative estimate of drug-likeness (QED) is 0.820. The minimum atomic E-state index is -0.116. The van der Waals surface area contributed by atoms with Crippen molar-refractivity contribution in [1.82, 2.24) is 19.8 Å². The van der Waals surface area contributed by atoms with Gasteiger partial charge in [-0.1, -0.05) is 20.8 Å². The minimum Gasteiger partial charge on any atom is -0.342 e. The van der Waals surface area contributed by atoms with Crippen LogP contribution in [-0.4, -0.2) is 57.8 Å². The molecule has 1 aromatic rings. The van der Waals surface area contributed by atoms with E-state index in [1.54, 1.807) is 6.07 Å². The van der Waals surface area contributed by atoms with Crippen molar-refractivity contribution in [1.29, 1.82) is 0 Å². The molecule has 1 aliphatic carbocycles. The van der Waals surface area contributed by atoms with Crippen LogP contribution >= 0.6 is 0 Å². The lowest BCUT2D eigenvalue weighted by molar-refractivity contribution is -0.135. The number of carbonyl (C=O) groups is 2. The Morgan fingerprint density at radius 1 is 1.10 bits per heavy atom. The highest BCUT2D eigenvalue weighted by Crippen LogP contribution is 2.40. The molecule has 1 saturated carbocycles. The number of hydrogen-bond acceptors (Lipinski definition) is 4. The third-order valence-corrected chi connectivity index (χ3v) is 7.05. The molecule has 2 amide bonds. The van der Waals surface area contributed by atoms with Gasteiger partial charge in [-0.2, -0.15) is 0 Å². The van der Waals surface area contributed by atoms with Crippen molar-refractivity contribution in [2.75, 3.05) is 26.2 Å². The maximum absolute atomic E-state index is 12.7. The number of hydrogen-bond donors (Lipinski definition) is 1. The van der Waals surface area contributed by atoms with Gasteiger partial charge >= 0.3 is 0 Å². The first-order chi connectivity index (χ1) is 14.3. The van der Waals surface area contributed by atoms with Gasteiger partial charge in [-0.25, -0.2) is 4.98 Å². The van der Waals surface area contributed by atoms with E-state index in [1.807, 2.05) is 23.6 Å². The zero-order chi connectivity index (χ0) is 21.4. The standard InChI is InChI=1S/C23H34N4O3/c1-14(2)22(29)26-9-6-16(7-10-26)21-24-19(12-20(28)25-21)17-5-4-8-27(13-17)23(30)18-11-15(18)3/h12,14-18H,4-11,13H2,1-3H3,(H,24,25,28)/t15-,17-,18+/m1/s1. The highest BCUT2D eigenvalue weighted by molar-refractivity contribution is 5.81. The third-order valence-electron chi connectivity index (χ3n) is 7.05. The lowest BCUT2D eigenvalue weighted by Crippen LogP contribution is -2.41. The number of nitrogens with zero attached hydrogens (tertiary/aromatic N) is 3. The molecule has 3 fully saturated rings. The zero-order valence-corrected chi connectivity index (χ0v) is 18.4. The SMILES string of the molecule is CC(C)C(=O)N1CCC(c2nc([C@@H]3CCCN(C(=O)[C@H]4C[C@H]4C)C3)cc(=O)[nH]2)CC1. The number of carbonyl (C=O) groups excluding carboxylic acids is 2. The van der Waals surface area contributed by atoms with Gasteiger partial charge in [0.25, 0.3) is 5.56 Å². The predicted octanol–water partition coefficient (Wildman–Crippen LogP) is 2.49. The number of aromatic amines is 1. The number of aromatic nitrogens is 2. The molecular formula is C23H34N4O3. The number of nitrogens with one attached hydrogen (secondary N) is 1. The molecule has 164 valence electrons. The van der Waals surface area contributed by atoms with Crippen molar-refractivity contribution in [3.63, 3.8) is 0 Å². The second-order valence-electron chi connectivity index (χ2n) is 9.75. The first kappa shape index (κ1) is 21.1. The molecule has 30 heavy (non-hydrogen) atoms. The molecule has 1 aromatic heterocycles. The van der Waals surface area contributed by atoms with Crippen LogP contribution in [-0.2, 0) is 9.59 Å². The Morgan fingerprint density at radius 2 is 1.80 bits per heavy atom. The molecule has 3 aliphatic rings. The van der Waals surface area contributed by atoms with Gasteiger partial charge in [-0.3, -0.25) is 14.4 Å². The Labute approximate surface area is 178 Å². The van der Waals surface area contributed by atoms with E-state index in [0.717, 1.165) is 50.2 Å². The summed E-state index contributed by atoms with van der Waals surface area (Å²) in [6.07, 6.45) is 4.56. The second kappa shape index (κ2) is 8.52. The van der Waals surface area contributed by atoms with Gasteiger partial charge in [0.2, 0.25) is 11.8 Å². The molecule has 4 rings (SSSR count). The minimum absolute atomic E-state index is 0.0124. The van der Waals surface area contributed by atoms with Crippen LogP contribution in [0.1, 0.15) is 76.2 Å². The Balaban J connectivity index is 1.44. The fourth-order valence-corrected chi connectivity index (χ4v) is 4.96. The Morgan fingerprint density at radius 3 is 2.43 bits per heavy atom. The number of likely N-dealkylation sites (tertiary alicyclic amines) is 2. The van der Waals surface area contributed by atoms with E-state index in [0.29, 0.717) is 25.6 Å². The molecule has 2 saturated heterocycles. The average molecular weight is 415 g/mol. The van der Waals surface area contributed by atoms with E-state index in [2.05, 4.69) is 11.9 Å². The van der Waals surface area contributed by atoms with Crippen LogP contribution in [0, 0.1) is 17.8 Å². The fraction of sp³-hybridized carbons (Fsp3) is 0.739. The van der Waals surface area contributed by atoms with Crippen LogP contribution in [0.15, 0.2) is 10.9 Å². The molecular weight excluding hydrogens is 380 g/mol. The molecule has 1 N–H and O–H groups in total. The van der Waals surface area contributed by atoms with E-state index < -0.39 is 0 Å². The van der Waals surface area contributed by atoms with E-state index >= 15 is 0 Å². The van der Waals surface area contributed by atoms with E-state index in [1.165, 1.54) is 0 Å². The second-order valence-corrected chi connectivity index (χ2v) is 9.75. The van der Waals surface area contributed by atoms with Crippen molar-refractivity contribution in [2.24, 2.45) is 17.8 Å². The smallest absolute Gasteiger partial charge is 0.251 e. The summed E-state index contributed by atoms with van der Waals surface area (Å²) in [5, 5.41) is 0. The molecule has 0 aromatic carbocycles. The van der Waals surface area contributed by atoms with Gasteiger partial charge in [0, 0.05) is 55.9 Å². The van der Waals surface area contributed by atoms with Gasteiger partial charge in [0.15, 0.2) is 0 Å². The molecule has 3 atom stereocenters. The molecule has 0 unspecified atom stereocenters. The summed E-state index contributed by atoms with van der Waals surface area (Å²) in [6.45, 7) is 8.89. The van der Waals surface area contributed by atoms with Gasteiger partial charge in [0.1, 0.15) is 5.82 Å². The highest BCUT2D eigenvalue weighted by Gasteiger charge is 2.42. The monoisotopic (exact) mass is 414 g/mol. The molecule has 0 radical (unpaired) electrons. The molecule has 7 nitrogen and oxygen atoms in total. The van der Waals surface area contributed by atoms with E-state index in [-0.39, 0.29) is 41.0 Å². The molecule has 0 spiro atoms. The van der Waals surface area contributed by atoms with Crippen molar-refractivity contribution in [3.05, 3.63) is 27.9 Å². The summed E-state index contributed by atoms with van der Waals surface area (Å²) in [5.41, 5.74) is 0.700. The average Bonchev–Trinajstić information content (AvgIpc) is 3.49. The van der Waals surface area contributed by atoms with Gasteiger partial charge in [-0.15, -0.1) is 0 Å². The van der Waals surface area contributed by atoms with Gasteiger partial charge in [0.05, 0.1) is 5.69 Å². The summed E-state index contributed by atoms with van der Waals surface area (Å²) in [6, 6.07) is 1.61. The van der Waals surface area contributed by atoms with Crippen LogP contribution in [0.2, 0.25) is 0 Å². The van der Waals surface area contributed by atoms with Crippen molar-refractivity contribution < 1.29 is 9.59 Å². The Hall–Kier alpha value is -2.18. The number of piperidine rings is 2. The van der Waals surface area contributed by atoms with Crippen molar-refractivity contribution in [3.8, 4) is 0 Å². The fourth-order valence-electron chi connectivity index (χ4n) is 4.96. The maximum atomic E-state index is 12.7. The summed E-state index contributed by atoms with van der Waals surface area (Å²) in [4.78, 5) is 49.0. The summed E-state index contributed by atoms with van der Waals surface area (Å²) in [7, 11) is 0. The summed E-state index contributed by atoms with van der Waals surface area (Å²) >= 11 is 0. The van der Waals surface area contributed by atoms with Gasteiger partial charge < -0.3 is 14.8 Å². The topological polar surface area (TPSA) is 86.4 Å². The number of amides is 2. The van der Waals surface area contributed by atoms with Crippen molar-refractivity contribution in [2.45, 2.75) is 64.7 Å². The Bertz CT molecular complexity index is 856. The number of rotatable bonds is 4. The third kappa shape index (κ3) is 4.44. The van der Waals surface area contributed by atoms with Crippen LogP contribution < -0.4 is 5.56 Å². The molecule has 3 heterocycles. The maximum Gasteiger partial charge on any atom is 0.251 e. The predicted molar refractivity (Wildman–Crippen MR) is 114 cm³/mol. The van der Waals surface area contributed by atoms with Crippen LogP contribution in [0.3, 0.4) is 0 Å². The summed E-state index contributed by atoms with van der Waals surface area (Å²) in [5.74, 6) is 2.23. The molecule has 0 bridgehead atoms. The normalized spacial score (nSPS) is 27.4. The van der Waals surface area contributed by atoms with Crippen LogP contribution in [0.25, 0.3) is 0 Å². The van der Waals surface area contributed by atoms with Crippen molar-refractivity contribution >= 4 is 11.8 Å². The first-order valence-electron chi connectivity index (χ1n) is 11.5. The molecule has 2 aliphatic heterocycles. The van der Waals surface area contributed by atoms with Gasteiger partial charge in [-0.05, 0) is 38.0 Å². The Kier molecular flexibility index (Phi) is 5.98. The highest BCUT2D eigenvalue weighted by atomic mass is 16.2. The molecule has 7 heteroatoms. The van der Waals surface area contributed by atoms with E-state index in [9.17, 15) is 14.4 Å². The summed E-state index contributed by atoms with van der Waals surface area (Å²) < 4.78 is 0. The zero-order valence-electron chi connectivity index (χ0n) is 18.4. The largest absolute Gasteiger partial charge is 0.342 e. The van der Waals surface area contributed by atoms with E-state index in [4.69, 9.17) is 4.98 Å². The first-order valence-corrected chi connectivity index (χ1v) is 11.5. The van der Waals surface area contributed by atoms with Crippen LogP contribution in [0.5, 0.6) is 0 Å². The lowest BCUT2D eigenvalue weighted by atomic mass is 9.92.